The number of aryl methyl sites for hydroxylation is 1. The molecule has 3 rings (SSSR count). The number of nitrogens with one attached hydrogen (secondary N) is 1. The number of fused-ring (bicyclic) bond motifs is 1. The highest BCUT2D eigenvalue weighted by Gasteiger charge is 2.23. The van der Waals surface area contributed by atoms with Gasteiger partial charge in [0.15, 0.2) is 9.84 Å². The van der Waals surface area contributed by atoms with Gasteiger partial charge in [-0.1, -0.05) is 24.3 Å². The fraction of sp³-hybridized carbons (Fsp3) is 0.353. The zero-order chi connectivity index (χ0) is 16.4. The molecule has 1 aromatic carbocycles. The van der Waals surface area contributed by atoms with Crippen molar-refractivity contribution in [1.29, 1.82) is 0 Å². The smallest absolute Gasteiger partial charge is 0.220 e. The molecule has 1 unspecified atom stereocenters. The van der Waals surface area contributed by atoms with Crippen LogP contribution in [0.3, 0.4) is 0 Å². The largest absolute Gasteiger partial charge is 0.354 e. The summed E-state index contributed by atoms with van der Waals surface area (Å²) in [5.74, 6) is -0.262. The van der Waals surface area contributed by atoms with Gasteiger partial charge in [0.05, 0.1) is 5.75 Å². The SMILES string of the molecule is Cc1cc2ccccc2n1CCNC(=O)CC1C=CS(=O)(=O)C1. The molecule has 1 atom stereocenters. The summed E-state index contributed by atoms with van der Waals surface area (Å²) in [6.07, 6.45) is 1.83. The van der Waals surface area contributed by atoms with Crippen molar-refractivity contribution in [3.63, 3.8) is 0 Å². The Morgan fingerprint density at radius 2 is 2.13 bits per heavy atom. The summed E-state index contributed by atoms with van der Waals surface area (Å²) in [6.45, 7) is 3.28. The number of sulfone groups is 1. The standard InChI is InChI=1S/C17H20N2O3S/c1-13-10-15-4-2-3-5-16(15)19(13)8-7-18-17(20)11-14-6-9-23(21,22)12-14/h2-6,9-10,14H,7-8,11-12H2,1H3,(H,18,20). The molecule has 0 aliphatic carbocycles. The van der Waals surface area contributed by atoms with Crippen LogP contribution in [0.2, 0.25) is 0 Å². The van der Waals surface area contributed by atoms with E-state index in [4.69, 9.17) is 0 Å². The summed E-state index contributed by atoms with van der Waals surface area (Å²) < 4.78 is 24.8. The molecule has 6 heteroatoms. The second-order valence-corrected chi connectivity index (χ2v) is 7.90. The number of carbonyl (C=O) groups excluding carboxylic acids is 1. The Bertz CT molecular complexity index is 865. The van der Waals surface area contributed by atoms with Gasteiger partial charge in [-0.15, -0.1) is 0 Å². The van der Waals surface area contributed by atoms with Gasteiger partial charge in [-0.25, -0.2) is 8.42 Å². The van der Waals surface area contributed by atoms with Gasteiger partial charge in [0.2, 0.25) is 5.91 Å². The van der Waals surface area contributed by atoms with Gasteiger partial charge in [0.1, 0.15) is 0 Å². The first-order chi connectivity index (χ1) is 10.9. The maximum atomic E-state index is 11.9. The normalized spacial score (nSPS) is 19.3. The number of nitrogens with zero attached hydrogens (tertiary/aromatic N) is 1. The molecule has 0 radical (unpaired) electrons. The van der Waals surface area contributed by atoms with Crippen LogP contribution in [0.15, 0.2) is 41.8 Å². The molecule has 0 fully saturated rings. The first kappa shape index (κ1) is 15.8. The molecule has 1 aliphatic heterocycles. The average molecular weight is 332 g/mol. The summed E-state index contributed by atoms with van der Waals surface area (Å²) in [5, 5.41) is 5.28. The molecule has 23 heavy (non-hydrogen) atoms. The van der Waals surface area contributed by atoms with Crippen LogP contribution >= 0.6 is 0 Å². The second-order valence-electron chi connectivity index (χ2n) is 5.97. The minimum atomic E-state index is -3.09. The van der Waals surface area contributed by atoms with E-state index in [0.717, 1.165) is 11.2 Å². The van der Waals surface area contributed by atoms with Crippen LogP contribution in [0.1, 0.15) is 12.1 Å². The minimum absolute atomic E-state index is 0.0434. The topological polar surface area (TPSA) is 68.2 Å². The first-order valence-corrected chi connectivity index (χ1v) is 9.39. The van der Waals surface area contributed by atoms with E-state index in [1.54, 1.807) is 6.08 Å². The maximum Gasteiger partial charge on any atom is 0.220 e. The van der Waals surface area contributed by atoms with Crippen molar-refractivity contribution in [2.24, 2.45) is 5.92 Å². The molecule has 0 saturated carbocycles. The predicted octanol–water partition coefficient (Wildman–Crippen LogP) is 2.01. The summed E-state index contributed by atoms with van der Waals surface area (Å²) >= 11 is 0. The molecular formula is C17H20N2O3S. The number of hydrogen-bond acceptors (Lipinski definition) is 3. The van der Waals surface area contributed by atoms with Crippen molar-refractivity contribution in [3.8, 4) is 0 Å². The van der Waals surface area contributed by atoms with Crippen molar-refractivity contribution in [3.05, 3.63) is 47.5 Å². The van der Waals surface area contributed by atoms with Gasteiger partial charge in [0.25, 0.3) is 0 Å². The zero-order valence-electron chi connectivity index (χ0n) is 13.0. The number of benzene rings is 1. The molecule has 2 heterocycles. The van der Waals surface area contributed by atoms with Gasteiger partial charge < -0.3 is 9.88 Å². The van der Waals surface area contributed by atoms with Crippen molar-refractivity contribution in [1.82, 2.24) is 9.88 Å². The number of allylic oxidation sites excluding steroid dienone is 1. The van der Waals surface area contributed by atoms with E-state index in [1.165, 1.54) is 10.8 Å². The lowest BCUT2D eigenvalue weighted by Crippen LogP contribution is -2.29. The van der Waals surface area contributed by atoms with Crippen molar-refractivity contribution < 1.29 is 13.2 Å². The van der Waals surface area contributed by atoms with Crippen molar-refractivity contribution in [2.75, 3.05) is 12.3 Å². The van der Waals surface area contributed by atoms with Gasteiger partial charge in [-0.2, -0.15) is 0 Å². The van der Waals surface area contributed by atoms with Gasteiger partial charge >= 0.3 is 0 Å². The highest BCUT2D eigenvalue weighted by atomic mass is 32.2. The van der Waals surface area contributed by atoms with E-state index in [9.17, 15) is 13.2 Å². The summed E-state index contributed by atoms with van der Waals surface area (Å²) in [5.41, 5.74) is 2.31. The van der Waals surface area contributed by atoms with Crippen LogP contribution in [0.4, 0.5) is 0 Å². The van der Waals surface area contributed by atoms with E-state index in [1.807, 2.05) is 12.1 Å². The highest BCUT2D eigenvalue weighted by molar-refractivity contribution is 7.94. The fourth-order valence-electron chi connectivity index (χ4n) is 3.03. The molecule has 1 aliphatic rings. The second kappa shape index (κ2) is 6.20. The van der Waals surface area contributed by atoms with E-state index >= 15 is 0 Å². The maximum absolute atomic E-state index is 11.9. The van der Waals surface area contributed by atoms with Gasteiger partial charge in [0, 0.05) is 42.0 Å². The van der Waals surface area contributed by atoms with E-state index in [2.05, 4.69) is 35.0 Å². The third-order valence-corrected chi connectivity index (χ3v) is 5.59. The van der Waals surface area contributed by atoms with Crippen LogP contribution in [-0.4, -0.2) is 31.2 Å². The summed E-state index contributed by atoms with van der Waals surface area (Å²) in [6, 6.07) is 10.3. The molecule has 122 valence electrons. The molecule has 2 aromatic rings. The van der Waals surface area contributed by atoms with Crippen LogP contribution in [0, 0.1) is 12.8 Å². The molecule has 0 bridgehead atoms. The van der Waals surface area contributed by atoms with Crippen LogP contribution in [0.5, 0.6) is 0 Å². The number of hydrogen-bond donors (Lipinski definition) is 1. The minimum Gasteiger partial charge on any atom is -0.354 e. The van der Waals surface area contributed by atoms with Crippen molar-refractivity contribution >= 4 is 26.6 Å². The third-order valence-electron chi connectivity index (χ3n) is 4.13. The lowest BCUT2D eigenvalue weighted by molar-refractivity contribution is -0.121. The Labute approximate surface area is 135 Å². The molecule has 0 spiro atoms. The third kappa shape index (κ3) is 3.64. The molecule has 1 amide bonds. The summed E-state index contributed by atoms with van der Waals surface area (Å²) in [4.78, 5) is 11.9. The van der Waals surface area contributed by atoms with Gasteiger partial charge in [-0.3, -0.25) is 4.79 Å². The van der Waals surface area contributed by atoms with Crippen LogP contribution < -0.4 is 5.32 Å². The lowest BCUT2D eigenvalue weighted by Gasteiger charge is -2.11. The average Bonchev–Trinajstić information content (AvgIpc) is 2.99. The molecule has 1 aromatic heterocycles. The molecule has 0 saturated heterocycles. The Morgan fingerprint density at radius 3 is 2.87 bits per heavy atom. The van der Waals surface area contributed by atoms with E-state index < -0.39 is 9.84 Å². The Kier molecular flexibility index (Phi) is 4.26. The number of aromatic nitrogens is 1. The predicted molar refractivity (Wildman–Crippen MR) is 90.7 cm³/mol. The van der Waals surface area contributed by atoms with Crippen LogP contribution in [0.25, 0.3) is 10.9 Å². The Balaban J connectivity index is 1.54. The fourth-order valence-corrected chi connectivity index (χ4v) is 4.43. The Morgan fingerprint density at radius 1 is 1.35 bits per heavy atom. The van der Waals surface area contributed by atoms with Crippen LogP contribution in [-0.2, 0) is 21.2 Å². The monoisotopic (exact) mass is 332 g/mol. The molecular weight excluding hydrogens is 312 g/mol. The lowest BCUT2D eigenvalue weighted by atomic mass is 10.1. The molecule has 1 N–H and O–H groups in total. The zero-order valence-corrected chi connectivity index (χ0v) is 13.8. The quantitative estimate of drug-likeness (QED) is 0.911. The number of amides is 1. The summed E-state index contributed by atoms with van der Waals surface area (Å²) in [7, 11) is -3.09. The molecule has 5 nitrogen and oxygen atoms in total. The number of rotatable bonds is 5. The van der Waals surface area contributed by atoms with Crippen molar-refractivity contribution in [2.45, 2.75) is 19.9 Å². The Hall–Kier alpha value is -2.08. The number of para-hydroxylation sites is 1. The van der Waals surface area contributed by atoms with E-state index in [-0.39, 0.29) is 24.0 Å². The number of carbonyl (C=O) groups is 1. The van der Waals surface area contributed by atoms with E-state index in [0.29, 0.717) is 13.1 Å². The highest BCUT2D eigenvalue weighted by Crippen LogP contribution is 2.19. The first-order valence-electron chi connectivity index (χ1n) is 7.67. The van der Waals surface area contributed by atoms with Gasteiger partial charge in [-0.05, 0) is 24.4 Å².